The zero-order chi connectivity index (χ0) is 13.3. The van der Waals surface area contributed by atoms with Crippen LogP contribution in [0.25, 0.3) is 0 Å². The lowest BCUT2D eigenvalue weighted by atomic mass is 9.98. The van der Waals surface area contributed by atoms with Crippen molar-refractivity contribution in [1.29, 1.82) is 0 Å². The third kappa shape index (κ3) is 2.45. The van der Waals surface area contributed by atoms with Gasteiger partial charge in [0.15, 0.2) is 0 Å². The maximum atomic E-state index is 12.1. The smallest absolute Gasteiger partial charge is 0.254 e. The van der Waals surface area contributed by atoms with E-state index in [2.05, 4.69) is 0 Å². The molecule has 1 aromatic rings. The van der Waals surface area contributed by atoms with Crippen molar-refractivity contribution >= 4 is 11.7 Å². The number of nitrogens with zero attached hydrogens (tertiary/aromatic N) is 1. The van der Waals surface area contributed by atoms with E-state index in [1.54, 1.807) is 11.8 Å². The molecule has 18 heavy (non-hydrogen) atoms. The molecule has 1 aliphatic rings. The predicted molar refractivity (Wildman–Crippen MR) is 64.5 cm³/mol. The van der Waals surface area contributed by atoms with Gasteiger partial charge >= 0.3 is 0 Å². The molecule has 5 heteroatoms. The number of likely N-dealkylation sites (tertiary alicyclic amines) is 1. The number of phenols is 2. The molecule has 1 unspecified atom stereocenters. The van der Waals surface area contributed by atoms with Gasteiger partial charge in [0.1, 0.15) is 17.3 Å². The van der Waals surface area contributed by atoms with Crippen LogP contribution in [0.15, 0.2) is 18.2 Å². The number of phenolic OH excluding ortho intramolecular Hbond substituents is 2. The lowest BCUT2D eigenvalue weighted by Gasteiger charge is -2.30. The van der Waals surface area contributed by atoms with Crippen molar-refractivity contribution in [3.8, 4) is 11.5 Å². The Bertz CT molecular complexity index is 478. The molecule has 5 nitrogen and oxygen atoms in total. The van der Waals surface area contributed by atoms with Crippen LogP contribution in [-0.4, -0.2) is 39.9 Å². The molecule has 0 spiro atoms. The van der Waals surface area contributed by atoms with E-state index in [0.717, 1.165) is 0 Å². The SMILES string of the molecule is CC1CN(C(=O)c2cc(O)cc(O)c2)CCC1=O. The summed E-state index contributed by atoms with van der Waals surface area (Å²) in [5, 5.41) is 18.7. The minimum absolute atomic E-state index is 0.153. The molecule has 96 valence electrons. The summed E-state index contributed by atoms with van der Waals surface area (Å²) in [5.41, 5.74) is 0.231. The van der Waals surface area contributed by atoms with E-state index >= 15 is 0 Å². The lowest BCUT2D eigenvalue weighted by molar-refractivity contribution is -0.124. The average Bonchev–Trinajstić information content (AvgIpc) is 2.30. The molecule has 0 aromatic heterocycles. The second kappa shape index (κ2) is 4.68. The van der Waals surface area contributed by atoms with Crippen LogP contribution in [0.1, 0.15) is 23.7 Å². The lowest BCUT2D eigenvalue weighted by Crippen LogP contribution is -2.43. The van der Waals surface area contributed by atoms with E-state index in [0.29, 0.717) is 19.5 Å². The van der Waals surface area contributed by atoms with Gasteiger partial charge in [0.25, 0.3) is 5.91 Å². The van der Waals surface area contributed by atoms with Gasteiger partial charge in [0.05, 0.1) is 0 Å². The second-order valence-electron chi connectivity index (χ2n) is 4.61. The summed E-state index contributed by atoms with van der Waals surface area (Å²) in [6.07, 6.45) is 0.359. The quantitative estimate of drug-likeness (QED) is 0.782. The molecule has 2 N–H and O–H groups in total. The van der Waals surface area contributed by atoms with Crippen molar-refractivity contribution in [3.63, 3.8) is 0 Å². The standard InChI is InChI=1S/C13H15NO4/c1-8-7-14(3-2-12(8)17)13(18)9-4-10(15)6-11(16)5-9/h4-6,8,15-16H,2-3,7H2,1H3. The number of carbonyl (C=O) groups excluding carboxylic acids is 2. The molecule has 1 saturated heterocycles. The molecule has 0 aliphatic carbocycles. The fourth-order valence-corrected chi connectivity index (χ4v) is 2.10. The van der Waals surface area contributed by atoms with Gasteiger partial charge in [-0.2, -0.15) is 0 Å². The highest BCUT2D eigenvalue weighted by Gasteiger charge is 2.27. The fraction of sp³-hybridized carbons (Fsp3) is 0.385. The number of ketones is 1. The summed E-state index contributed by atoms with van der Waals surface area (Å²) in [5.74, 6) is -0.578. The predicted octanol–water partition coefficient (Wildman–Crippen LogP) is 1.15. The van der Waals surface area contributed by atoms with Crippen LogP contribution in [0.5, 0.6) is 11.5 Å². The normalized spacial score (nSPS) is 19.9. The highest BCUT2D eigenvalue weighted by molar-refractivity contribution is 5.96. The summed E-state index contributed by atoms with van der Waals surface area (Å²) in [7, 11) is 0. The number of rotatable bonds is 1. The Labute approximate surface area is 105 Å². The number of aromatic hydroxyl groups is 2. The largest absolute Gasteiger partial charge is 0.508 e. The van der Waals surface area contributed by atoms with Crippen molar-refractivity contribution in [2.45, 2.75) is 13.3 Å². The Morgan fingerprint density at radius 3 is 2.44 bits per heavy atom. The number of Topliss-reactive ketones (excluding diaryl/α,β-unsaturated/α-hetero) is 1. The summed E-state index contributed by atoms with van der Waals surface area (Å²) in [6.45, 7) is 2.56. The number of hydrogen-bond donors (Lipinski definition) is 2. The maximum absolute atomic E-state index is 12.1. The number of benzene rings is 1. The van der Waals surface area contributed by atoms with Gasteiger partial charge in [0, 0.05) is 37.1 Å². The summed E-state index contributed by atoms with van der Waals surface area (Å²) in [6, 6.07) is 3.78. The van der Waals surface area contributed by atoms with Crippen LogP contribution in [0.3, 0.4) is 0 Å². The van der Waals surface area contributed by atoms with Crippen LogP contribution in [0.4, 0.5) is 0 Å². The number of hydrogen-bond acceptors (Lipinski definition) is 4. The Hall–Kier alpha value is -2.04. The van der Waals surface area contributed by atoms with E-state index in [1.807, 2.05) is 0 Å². The van der Waals surface area contributed by atoms with E-state index < -0.39 is 0 Å². The van der Waals surface area contributed by atoms with Crippen LogP contribution in [0, 0.1) is 5.92 Å². The molecular formula is C13H15NO4. The Morgan fingerprint density at radius 1 is 1.28 bits per heavy atom. The molecule has 0 saturated carbocycles. The topological polar surface area (TPSA) is 77.8 Å². The molecule has 0 bridgehead atoms. The van der Waals surface area contributed by atoms with Crippen molar-refractivity contribution < 1.29 is 19.8 Å². The van der Waals surface area contributed by atoms with Crippen LogP contribution >= 0.6 is 0 Å². The van der Waals surface area contributed by atoms with E-state index in [-0.39, 0.29) is 34.7 Å². The zero-order valence-corrected chi connectivity index (χ0v) is 10.1. The van der Waals surface area contributed by atoms with Crippen molar-refractivity contribution in [2.24, 2.45) is 5.92 Å². The highest BCUT2D eigenvalue weighted by atomic mass is 16.3. The van der Waals surface area contributed by atoms with Gasteiger partial charge < -0.3 is 15.1 Å². The third-order valence-electron chi connectivity index (χ3n) is 3.11. The summed E-state index contributed by atoms with van der Waals surface area (Å²) in [4.78, 5) is 25.1. The first-order valence-corrected chi connectivity index (χ1v) is 5.82. The van der Waals surface area contributed by atoms with Gasteiger partial charge in [-0.3, -0.25) is 9.59 Å². The van der Waals surface area contributed by atoms with Crippen LogP contribution in [0.2, 0.25) is 0 Å². The molecule has 2 rings (SSSR count). The molecule has 1 aromatic carbocycles. The average molecular weight is 249 g/mol. The minimum atomic E-state index is -0.277. The molecule has 1 aliphatic heterocycles. The van der Waals surface area contributed by atoms with E-state index in [9.17, 15) is 19.8 Å². The van der Waals surface area contributed by atoms with Gasteiger partial charge in [-0.05, 0) is 12.1 Å². The Kier molecular flexibility index (Phi) is 3.23. The van der Waals surface area contributed by atoms with Gasteiger partial charge in [-0.15, -0.1) is 0 Å². The monoisotopic (exact) mass is 249 g/mol. The van der Waals surface area contributed by atoms with Crippen LogP contribution in [-0.2, 0) is 4.79 Å². The van der Waals surface area contributed by atoms with Crippen molar-refractivity contribution in [1.82, 2.24) is 4.90 Å². The molecule has 1 amide bonds. The van der Waals surface area contributed by atoms with Crippen molar-refractivity contribution in [2.75, 3.05) is 13.1 Å². The summed E-state index contributed by atoms with van der Waals surface area (Å²) < 4.78 is 0. The minimum Gasteiger partial charge on any atom is -0.508 e. The molecular weight excluding hydrogens is 234 g/mol. The Morgan fingerprint density at radius 2 is 1.89 bits per heavy atom. The van der Waals surface area contributed by atoms with Gasteiger partial charge in [-0.25, -0.2) is 0 Å². The third-order valence-corrected chi connectivity index (χ3v) is 3.11. The molecule has 1 atom stereocenters. The Balaban J connectivity index is 2.18. The second-order valence-corrected chi connectivity index (χ2v) is 4.61. The maximum Gasteiger partial charge on any atom is 0.254 e. The van der Waals surface area contributed by atoms with E-state index in [4.69, 9.17) is 0 Å². The fourth-order valence-electron chi connectivity index (χ4n) is 2.10. The first-order chi connectivity index (χ1) is 8.47. The first-order valence-electron chi connectivity index (χ1n) is 5.82. The zero-order valence-electron chi connectivity index (χ0n) is 10.1. The van der Waals surface area contributed by atoms with E-state index in [1.165, 1.54) is 18.2 Å². The highest BCUT2D eigenvalue weighted by Crippen LogP contribution is 2.23. The van der Waals surface area contributed by atoms with Crippen molar-refractivity contribution in [3.05, 3.63) is 23.8 Å². The van der Waals surface area contributed by atoms with Crippen LogP contribution < -0.4 is 0 Å². The molecule has 1 heterocycles. The number of piperidine rings is 1. The summed E-state index contributed by atoms with van der Waals surface area (Å²) >= 11 is 0. The first kappa shape index (κ1) is 12.4. The van der Waals surface area contributed by atoms with Gasteiger partial charge in [0.2, 0.25) is 0 Å². The number of amides is 1. The molecule has 0 radical (unpaired) electrons. The van der Waals surface area contributed by atoms with Gasteiger partial charge in [-0.1, -0.05) is 6.92 Å². The molecule has 1 fully saturated rings. The number of carbonyl (C=O) groups is 2.